The monoisotopic (exact) mass is 466 g/mol. The molecule has 178 valence electrons. The zero-order chi connectivity index (χ0) is 24.8. The van der Waals surface area contributed by atoms with Crippen LogP contribution in [0.15, 0.2) is 54.6 Å². The molecule has 0 bridgehead atoms. The predicted octanol–water partition coefficient (Wildman–Crippen LogP) is 4.88. The lowest BCUT2D eigenvalue weighted by atomic mass is 10.1. The number of ether oxygens (including phenoxy) is 2. The van der Waals surface area contributed by atoms with Crippen LogP contribution < -0.4 is 10.1 Å². The molecule has 0 aliphatic heterocycles. The van der Waals surface area contributed by atoms with Gasteiger partial charge in [-0.25, -0.2) is 9.18 Å². The lowest BCUT2D eigenvalue weighted by molar-refractivity contribution is -0.118. The number of nitrogens with one attached hydrogen (secondary N) is 1. The lowest BCUT2D eigenvalue weighted by Crippen LogP contribution is -2.22. The maximum Gasteiger partial charge on any atom is 0.342 e. The van der Waals surface area contributed by atoms with Crippen LogP contribution in [0.5, 0.6) is 5.75 Å². The summed E-state index contributed by atoms with van der Waals surface area (Å²) in [6, 6.07) is 14.0. The van der Waals surface area contributed by atoms with Gasteiger partial charge in [-0.05, 0) is 58.0 Å². The van der Waals surface area contributed by atoms with Gasteiger partial charge in [-0.1, -0.05) is 24.3 Å². The Bertz CT molecular complexity index is 1220. The highest BCUT2D eigenvalue weighted by Crippen LogP contribution is 2.22. The number of hydrogen-bond acceptors (Lipinski definition) is 5. The van der Waals surface area contributed by atoms with Gasteiger partial charge in [0.25, 0.3) is 5.91 Å². The van der Waals surface area contributed by atoms with Gasteiger partial charge in [0.1, 0.15) is 17.1 Å². The Morgan fingerprint density at radius 1 is 0.971 bits per heavy atom. The third-order valence-corrected chi connectivity index (χ3v) is 5.25. The van der Waals surface area contributed by atoms with E-state index in [0.717, 1.165) is 11.4 Å². The summed E-state index contributed by atoms with van der Waals surface area (Å²) in [6.07, 6.45) is 0. The van der Waals surface area contributed by atoms with Crippen molar-refractivity contribution in [1.29, 1.82) is 0 Å². The summed E-state index contributed by atoms with van der Waals surface area (Å²) < 4.78 is 26.4. The van der Waals surface area contributed by atoms with E-state index in [2.05, 4.69) is 5.32 Å². The van der Waals surface area contributed by atoms with Gasteiger partial charge < -0.3 is 19.4 Å². The maximum atomic E-state index is 13.7. The minimum Gasteiger partial charge on any atom is -0.483 e. The third-order valence-electron chi connectivity index (χ3n) is 5.25. The number of aromatic nitrogens is 1. The van der Waals surface area contributed by atoms with Crippen LogP contribution >= 0.6 is 0 Å². The largest absolute Gasteiger partial charge is 0.483 e. The number of Topliss-reactive ketones (excluding diaryl/α,β-unsaturated/α-hetero) is 1. The standard InChI is InChI=1S/C26H27FN2O5/c1-16(2)29-17(3)13-20(18(29)4)23(30)14-34-26(32)19-9-5-8-12-24(19)33-15-25(31)28-22-11-7-6-10-21(22)27/h5-13,16H,14-15H2,1-4H3,(H,28,31). The van der Waals surface area contributed by atoms with Crippen LogP contribution in [0.2, 0.25) is 0 Å². The van der Waals surface area contributed by atoms with Gasteiger partial charge in [0.15, 0.2) is 13.2 Å². The highest BCUT2D eigenvalue weighted by Gasteiger charge is 2.20. The fourth-order valence-electron chi connectivity index (χ4n) is 3.79. The molecule has 3 rings (SSSR count). The van der Waals surface area contributed by atoms with E-state index in [-0.39, 0.29) is 28.8 Å². The first-order valence-electron chi connectivity index (χ1n) is 10.8. The molecule has 0 unspecified atom stereocenters. The lowest BCUT2D eigenvalue weighted by Gasteiger charge is -2.13. The Morgan fingerprint density at radius 3 is 2.32 bits per heavy atom. The molecule has 2 aromatic carbocycles. The Labute approximate surface area is 197 Å². The van der Waals surface area contributed by atoms with Gasteiger partial charge in [0, 0.05) is 23.0 Å². The number of para-hydroxylation sites is 2. The second kappa shape index (κ2) is 10.8. The Kier molecular flexibility index (Phi) is 7.83. The number of carbonyl (C=O) groups excluding carboxylic acids is 3. The van der Waals surface area contributed by atoms with Crippen molar-refractivity contribution >= 4 is 23.3 Å². The molecular formula is C26H27FN2O5. The van der Waals surface area contributed by atoms with Crippen LogP contribution in [0.25, 0.3) is 0 Å². The van der Waals surface area contributed by atoms with Crippen molar-refractivity contribution in [2.45, 2.75) is 33.7 Å². The van der Waals surface area contributed by atoms with Crippen molar-refractivity contribution in [1.82, 2.24) is 4.57 Å². The quantitative estimate of drug-likeness (QED) is 0.359. The molecule has 8 heteroatoms. The number of rotatable bonds is 9. The van der Waals surface area contributed by atoms with Crippen molar-refractivity contribution in [3.63, 3.8) is 0 Å². The molecule has 1 N–H and O–H groups in total. The summed E-state index contributed by atoms with van der Waals surface area (Å²) in [5.74, 6) is -2.11. The average molecular weight is 467 g/mol. The van der Waals surface area contributed by atoms with Crippen LogP contribution in [0.1, 0.15) is 52.0 Å². The van der Waals surface area contributed by atoms with E-state index in [1.807, 2.05) is 32.3 Å². The molecule has 1 aromatic heterocycles. The number of amides is 1. The first-order valence-corrected chi connectivity index (χ1v) is 10.8. The van der Waals surface area contributed by atoms with E-state index >= 15 is 0 Å². The minimum atomic E-state index is -0.754. The molecule has 0 aliphatic carbocycles. The summed E-state index contributed by atoms with van der Waals surface area (Å²) in [5, 5.41) is 2.41. The van der Waals surface area contributed by atoms with Gasteiger partial charge >= 0.3 is 5.97 Å². The number of benzene rings is 2. The van der Waals surface area contributed by atoms with Crippen molar-refractivity contribution in [2.75, 3.05) is 18.5 Å². The molecule has 34 heavy (non-hydrogen) atoms. The number of halogens is 1. The molecule has 0 saturated heterocycles. The third kappa shape index (κ3) is 5.70. The first-order chi connectivity index (χ1) is 16.2. The second-order valence-corrected chi connectivity index (χ2v) is 8.06. The van der Waals surface area contributed by atoms with Crippen LogP contribution in [-0.4, -0.2) is 35.4 Å². The van der Waals surface area contributed by atoms with Crippen molar-refractivity contribution in [3.05, 3.63) is 82.9 Å². The molecule has 0 aliphatic rings. The summed E-state index contributed by atoms with van der Waals surface area (Å²) in [4.78, 5) is 37.5. The van der Waals surface area contributed by atoms with E-state index in [1.165, 1.54) is 30.3 Å². The molecule has 0 fully saturated rings. The topological polar surface area (TPSA) is 86.6 Å². The SMILES string of the molecule is Cc1cc(C(=O)COC(=O)c2ccccc2OCC(=O)Nc2ccccc2F)c(C)n1C(C)C. The molecule has 0 saturated carbocycles. The van der Waals surface area contributed by atoms with Crippen molar-refractivity contribution in [3.8, 4) is 5.75 Å². The summed E-state index contributed by atoms with van der Waals surface area (Å²) in [5.41, 5.74) is 2.38. The van der Waals surface area contributed by atoms with Gasteiger partial charge in [-0.2, -0.15) is 0 Å². The number of esters is 1. The molecule has 1 heterocycles. The number of ketones is 1. The minimum absolute atomic E-state index is 0.0270. The molecule has 0 atom stereocenters. The number of aryl methyl sites for hydroxylation is 1. The number of anilines is 1. The van der Waals surface area contributed by atoms with Gasteiger partial charge in [-0.15, -0.1) is 0 Å². The first kappa shape index (κ1) is 24.7. The molecule has 3 aromatic rings. The molecule has 7 nitrogen and oxygen atoms in total. The predicted molar refractivity (Wildman–Crippen MR) is 126 cm³/mol. The fraction of sp³-hybridized carbons (Fsp3) is 0.269. The Hall–Kier alpha value is -3.94. The Morgan fingerprint density at radius 2 is 1.65 bits per heavy atom. The van der Waals surface area contributed by atoms with Gasteiger partial charge in [0.05, 0.1) is 5.69 Å². The summed E-state index contributed by atoms with van der Waals surface area (Å²) >= 11 is 0. The molecule has 0 spiro atoms. The smallest absolute Gasteiger partial charge is 0.342 e. The maximum absolute atomic E-state index is 13.7. The van der Waals surface area contributed by atoms with Gasteiger partial charge in [-0.3, -0.25) is 9.59 Å². The van der Waals surface area contributed by atoms with E-state index in [1.54, 1.807) is 24.3 Å². The van der Waals surface area contributed by atoms with E-state index in [4.69, 9.17) is 9.47 Å². The Balaban J connectivity index is 1.62. The van der Waals surface area contributed by atoms with Crippen molar-refractivity contribution in [2.24, 2.45) is 0 Å². The summed E-state index contributed by atoms with van der Waals surface area (Å²) in [7, 11) is 0. The summed E-state index contributed by atoms with van der Waals surface area (Å²) in [6.45, 7) is 6.97. The van der Waals surface area contributed by atoms with Crippen LogP contribution in [0, 0.1) is 19.7 Å². The zero-order valence-corrected chi connectivity index (χ0v) is 19.6. The number of carbonyl (C=O) groups is 3. The highest BCUT2D eigenvalue weighted by atomic mass is 19.1. The van der Waals surface area contributed by atoms with Crippen LogP contribution in [-0.2, 0) is 9.53 Å². The molecular weight excluding hydrogens is 439 g/mol. The van der Waals surface area contributed by atoms with Gasteiger partial charge in [0.2, 0.25) is 5.78 Å². The normalized spacial score (nSPS) is 10.8. The van der Waals surface area contributed by atoms with E-state index in [9.17, 15) is 18.8 Å². The average Bonchev–Trinajstić information content (AvgIpc) is 3.11. The number of hydrogen-bond donors (Lipinski definition) is 1. The van der Waals surface area contributed by atoms with E-state index in [0.29, 0.717) is 5.56 Å². The van der Waals surface area contributed by atoms with Crippen LogP contribution in [0.3, 0.4) is 0 Å². The zero-order valence-electron chi connectivity index (χ0n) is 19.6. The highest BCUT2D eigenvalue weighted by molar-refractivity contribution is 6.01. The van der Waals surface area contributed by atoms with Crippen LogP contribution in [0.4, 0.5) is 10.1 Å². The van der Waals surface area contributed by atoms with Crippen molar-refractivity contribution < 1.29 is 28.2 Å². The molecule has 0 radical (unpaired) electrons. The molecule has 1 amide bonds. The fourth-order valence-corrected chi connectivity index (χ4v) is 3.79. The number of nitrogens with zero attached hydrogens (tertiary/aromatic N) is 1. The van der Waals surface area contributed by atoms with E-state index < -0.39 is 30.9 Å². The second-order valence-electron chi connectivity index (χ2n) is 8.06.